The molecule has 32 heavy (non-hydrogen) atoms. The number of ether oxygens (including phenoxy) is 1. The van der Waals surface area contributed by atoms with Gasteiger partial charge >= 0.3 is 5.97 Å². The van der Waals surface area contributed by atoms with Crippen LogP contribution in [0.2, 0.25) is 5.02 Å². The number of hydrogen-bond donors (Lipinski definition) is 0. The third-order valence-electron chi connectivity index (χ3n) is 6.32. The maximum atomic E-state index is 12.8. The SMILES string of the molecule is CC(C)c1nc2c(n1[C@@H](C)c1ccc(Cl)cc1)C(CC(=O)OCc1ccccc1)CCC2. The van der Waals surface area contributed by atoms with E-state index >= 15 is 0 Å². The monoisotopic (exact) mass is 450 g/mol. The van der Waals surface area contributed by atoms with Gasteiger partial charge in [0, 0.05) is 22.6 Å². The van der Waals surface area contributed by atoms with Crippen molar-refractivity contribution in [1.82, 2.24) is 9.55 Å². The molecule has 0 saturated heterocycles. The van der Waals surface area contributed by atoms with Gasteiger partial charge in [-0.25, -0.2) is 4.98 Å². The van der Waals surface area contributed by atoms with E-state index in [1.165, 1.54) is 11.3 Å². The van der Waals surface area contributed by atoms with Crippen molar-refractivity contribution in [3.63, 3.8) is 0 Å². The molecule has 4 nitrogen and oxygen atoms in total. The van der Waals surface area contributed by atoms with Gasteiger partial charge < -0.3 is 9.30 Å². The molecule has 0 radical (unpaired) electrons. The minimum atomic E-state index is -0.148. The number of imidazole rings is 1. The van der Waals surface area contributed by atoms with Crippen molar-refractivity contribution in [2.75, 3.05) is 0 Å². The quantitative estimate of drug-likeness (QED) is 0.371. The van der Waals surface area contributed by atoms with Gasteiger partial charge in [0.25, 0.3) is 0 Å². The number of nitrogens with zero attached hydrogens (tertiary/aromatic N) is 2. The lowest BCUT2D eigenvalue weighted by atomic mass is 9.86. The number of aryl methyl sites for hydroxylation is 1. The molecule has 1 aromatic heterocycles. The first-order valence-corrected chi connectivity index (χ1v) is 11.9. The van der Waals surface area contributed by atoms with Gasteiger partial charge in [0.2, 0.25) is 0 Å². The molecule has 1 heterocycles. The Morgan fingerprint density at radius 3 is 2.53 bits per heavy atom. The van der Waals surface area contributed by atoms with Gasteiger partial charge in [0.1, 0.15) is 12.4 Å². The second kappa shape index (κ2) is 9.91. The summed E-state index contributed by atoms with van der Waals surface area (Å²) in [4.78, 5) is 17.8. The Bertz CT molecular complexity index is 1060. The summed E-state index contributed by atoms with van der Waals surface area (Å²) < 4.78 is 7.99. The smallest absolute Gasteiger partial charge is 0.306 e. The highest BCUT2D eigenvalue weighted by atomic mass is 35.5. The van der Waals surface area contributed by atoms with Crippen LogP contribution in [0.5, 0.6) is 0 Å². The molecule has 0 N–H and O–H groups in total. The minimum absolute atomic E-state index is 0.113. The maximum absolute atomic E-state index is 12.8. The fourth-order valence-electron chi connectivity index (χ4n) is 4.68. The van der Waals surface area contributed by atoms with Crippen molar-refractivity contribution in [2.24, 2.45) is 0 Å². The lowest BCUT2D eigenvalue weighted by Crippen LogP contribution is -2.21. The molecule has 1 aliphatic carbocycles. The van der Waals surface area contributed by atoms with Crippen LogP contribution in [0.3, 0.4) is 0 Å². The number of esters is 1. The molecule has 2 aromatic carbocycles. The molecular formula is C27H31ClN2O2. The Morgan fingerprint density at radius 2 is 1.84 bits per heavy atom. The summed E-state index contributed by atoms with van der Waals surface area (Å²) >= 11 is 6.12. The average Bonchev–Trinajstić information content (AvgIpc) is 3.19. The predicted molar refractivity (Wildman–Crippen MR) is 128 cm³/mol. The molecule has 2 atom stereocenters. The van der Waals surface area contributed by atoms with Crippen LogP contribution < -0.4 is 0 Å². The molecule has 168 valence electrons. The number of rotatable bonds is 7. The van der Waals surface area contributed by atoms with Crippen LogP contribution in [0.15, 0.2) is 54.6 Å². The number of halogens is 1. The Balaban J connectivity index is 1.60. The summed E-state index contributed by atoms with van der Waals surface area (Å²) in [6.45, 7) is 6.89. The van der Waals surface area contributed by atoms with E-state index in [1.807, 2.05) is 42.5 Å². The Labute approximate surface area is 195 Å². The zero-order valence-electron chi connectivity index (χ0n) is 19.1. The molecule has 0 amide bonds. The predicted octanol–water partition coefficient (Wildman–Crippen LogP) is 6.82. The average molecular weight is 451 g/mol. The molecule has 4 rings (SSSR count). The van der Waals surface area contributed by atoms with E-state index in [-0.39, 0.29) is 17.9 Å². The second-order valence-electron chi connectivity index (χ2n) is 8.99. The van der Waals surface area contributed by atoms with Gasteiger partial charge in [-0.05, 0) is 49.4 Å². The minimum Gasteiger partial charge on any atom is -0.461 e. The third-order valence-corrected chi connectivity index (χ3v) is 6.57. The molecule has 5 heteroatoms. The summed E-state index contributed by atoms with van der Waals surface area (Å²) in [5, 5.41) is 0.733. The molecule has 0 fully saturated rings. The summed E-state index contributed by atoms with van der Waals surface area (Å²) in [5.74, 6) is 1.35. The summed E-state index contributed by atoms with van der Waals surface area (Å²) in [5.41, 5.74) is 4.54. The van der Waals surface area contributed by atoms with Crippen molar-refractivity contribution in [1.29, 1.82) is 0 Å². The lowest BCUT2D eigenvalue weighted by molar-refractivity contribution is -0.145. The van der Waals surface area contributed by atoms with Gasteiger partial charge in [0.15, 0.2) is 0 Å². The van der Waals surface area contributed by atoms with Gasteiger partial charge in [-0.1, -0.05) is 67.9 Å². The fourth-order valence-corrected chi connectivity index (χ4v) is 4.81. The van der Waals surface area contributed by atoms with Crippen molar-refractivity contribution < 1.29 is 9.53 Å². The Hall–Kier alpha value is -2.59. The second-order valence-corrected chi connectivity index (χ2v) is 9.43. The van der Waals surface area contributed by atoms with E-state index in [0.29, 0.717) is 18.9 Å². The number of aromatic nitrogens is 2. The fraction of sp³-hybridized carbons (Fsp3) is 0.407. The van der Waals surface area contributed by atoms with Crippen molar-refractivity contribution in [3.05, 3.63) is 88.0 Å². The number of fused-ring (bicyclic) bond motifs is 1. The first-order chi connectivity index (χ1) is 15.4. The van der Waals surface area contributed by atoms with Gasteiger partial charge in [-0.3, -0.25) is 4.79 Å². The summed E-state index contributed by atoms with van der Waals surface area (Å²) in [7, 11) is 0. The molecule has 0 aliphatic heterocycles. The molecule has 0 spiro atoms. The molecule has 0 saturated carbocycles. The first kappa shape index (κ1) is 22.6. The topological polar surface area (TPSA) is 44.1 Å². The van der Waals surface area contributed by atoms with Crippen LogP contribution in [-0.2, 0) is 22.6 Å². The summed E-state index contributed by atoms with van der Waals surface area (Å²) in [6, 6.07) is 18.0. The van der Waals surface area contributed by atoms with E-state index in [2.05, 4.69) is 37.5 Å². The van der Waals surface area contributed by atoms with Gasteiger partial charge in [-0.2, -0.15) is 0 Å². The van der Waals surface area contributed by atoms with Crippen LogP contribution in [0.1, 0.15) is 86.3 Å². The largest absolute Gasteiger partial charge is 0.461 e. The normalized spacial score (nSPS) is 16.6. The zero-order chi connectivity index (χ0) is 22.7. The van der Waals surface area contributed by atoms with Crippen LogP contribution in [0.25, 0.3) is 0 Å². The van der Waals surface area contributed by atoms with E-state index < -0.39 is 0 Å². The number of hydrogen-bond acceptors (Lipinski definition) is 3. The van der Waals surface area contributed by atoms with Crippen molar-refractivity contribution in [2.45, 2.75) is 70.9 Å². The number of benzene rings is 2. The standard InChI is InChI=1S/C27H31ClN2O2/c1-18(2)27-29-24-11-7-10-22(16-25(31)32-17-20-8-5-4-6-9-20)26(24)30(27)19(3)21-12-14-23(28)15-13-21/h4-6,8-9,12-15,18-19,22H,7,10-11,16-17H2,1-3H3/t19-,22?/m0/s1. The Kier molecular flexibility index (Phi) is 7.00. The van der Waals surface area contributed by atoms with E-state index in [9.17, 15) is 4.79 Å². The van der Waals surface area contributed by atoms with E-state index in [0.717, 1.165) is 41.4 Å². The number of carbonyl (C=O) groups is 1. The van der Waals surface area contributed by atoms with Crippen LogP contribution in [-0.4, -0.2) is 15.5 Å². The van der Waals surface area contributed by atoms with Gasteiger partial charge in [0.05, 0.1) is 18.2 Å². The first-order valence-electron chi connectivity index (χ1n) is 11.5. The van der Waals surface area contributed by atoms with Gasteiger partial charge in [-0.15, -0.1) is 0 Å². The lowest BCUT2D eigenvalue weighted by Gasteiger charge is -2.28. The maximum Gasteiger partial charge on any atom is 0.306 e. The Morgan fingerprint density at radius 1 is 1.12 bits per heavy atom. The van der Waals surface area contributed by atoms with Crippen molar-refractivity contribution >= 4 is 17.6 Å². The zero-order valence-corrected chi connectivity index (χ0v) is 19.8. The summed E-state index contributed by atoms with van der Waals surface area (Å²) in [6.07, 6.45) is 3.37. The van der Waals surface area contributed by atoms with Crippen molar-refractivity contribution in [3.8, 4) is 0 Å². The third kappa shape index (κ3) is 4.91. The van der Waals surface area contributed by atoms with E-state index in [4.69, 9.17) is 21.3 Å². The van der Waals surface area contributed by atoms with Crippen LogP contribution in [0, 0.1) is 0 Å². The highest BCUT2D eigenvalue weighted by molar-refractivity contribution is 6.30. The molecule has 3 aromatic rings. The van der Waals surface area contributed by atoms with Crippen LogP contribution in [0.4, 0.5) is 0 Å². The molecule has 1 unspecified atom stereocenters. The van der Waals surface area contributed by atoms with Crippen LogP contribution >= 0.6 is 11.6 Å². The highest BCUT2D eigenvalue weighted by Gasteiger charge is 2.32. The number of carbonyl (C=O) groups excluding carboxylic acids is 1. The molecular weight excluding hydrogens is 420 g/mol. The molecule has 0 bridgehead atoms. The van der Waals surface area contributed by atoms with E-state index in [1.54, 1.807) is 0 Å². The molecule has 1 aliphatic rings. The highest BCUT2D eigenvalue weighted by Crippen LogP contribution is 2.39.